The minimum Gasteiger partial charge on any atom is -0.494 e. The first-order chi connectivity index (χ1) is 7.61. The molecule has 0 atom stereocenters. The lowest BCUT2D eigenvalue weighted by Gasteiger charge is -2.18. The van der Waals surface area contributed by atoms with Crippen LogP contribution in [0.25, 0.3) is 0 Å². The highest BCUT2D eigenvalue weighted by Gasteiger charge is 2.38. The van der Waals surface area contributed by atoms with Crippen LogP contribution < -0.4 is 9.64 Å². The lowest BCUT2D eigenvalue weighted by Crippen LogP contribution is -2.24. The van der Waals surface area contributed by atoms with Crippen molar-refractivity contribution in [3.05, 3.63) is 24.3 Å². The number of rotatable bonds is 3. The van der Waals surface area contributed by atoms with Crippen LogP contribution >= 0.6 is 0 Å². The van der Waals surface area contributed by atoms with E-state index in [4.69, 9.17) is 4.74 Å². The summed E-state index contributed by atoms with van der Waals surface area (Å²) in [5, 5.41) is 0. The van der Waals surface area contributed by atoms with Gasteiger partial charge in [-0.15, -0.1) is 0 Å². The normalized spacial score (nSPS) is 18.8. The first-order valence-corrected chi connectivity index (χ1v) is 5.46. The molecule has 16 heavy (non-hydrogen) atoms. The molecule has 0 aromatic heterocycles. The summed E-state index contributed by atoms with van der Waals surface area (Å²) >= 11 is 0. The number of anilines is 1. The lowest BCUT2D eigenvalue weighted by atomic mass is 10.3. The maximum absolute atomic E-state index is 13.0. The molecular formula is C12H15F2NO. The van der Waals surface area contributed by atoms with E-state index in [1.54, 1.807) is 4.90 Å². The van der Waals surface area contributed by atoms with Crippen LogP contribution in [0.4, 0.5) is 14.5 Å². The molecular weight excluding hydrogens is 212 g/mol. The van der Waals surface area contributed by atoms with Gasteiger partial charge in [-0.3, -0.25) is 0 Å². The predicted octanol–water partition coefficient (Wildman–Crippen LogP) is 2.93. The van der Waals surface area contributed by atoms with Gasteiger partial charge in [0.2, 0.25) is 0 Å². The largest absolute Gasteiger partial charge is 0.494 e. The predicted molar refractivity (Wildman–Crippen MR) is 59.4 cm³/mol. The monoisotopic (exact) mass is 227 g/mol. The van der Waals surface area contributed by atoms with E-state index in [1.165, 1.54) is 0 Å². The molecule has 0 aliphatic carbocycles. The Morgan fingerprint density at radius 2 is 2.00 bits per heavy atom. The molecule has 1 saturated heterocycles. The van der Waals surface area contributed by atoms with Crippen molar-refractivity contribution < 1.29 is 13.5 Å². The topological polar surface area (TPSA) is 12.5 Å². The highest BCUT2D eigenvalue weighted by molar-refractivity contribution is 5.50. The fourth-order valence-corrected chi connectivity index (χ4v) is 1.88. The molecule has 88 valence electrons. The summed E-state index contributed by atoms with van der Waals surface area (Å²) in [6, 6.07) is 7.28. The zero-order chi connectivity index (χ0) is 11.6. The standard InChI is InChI=1S/C12H15F2NO/c1-2-16-11-5-3-10(4-6-11)15-8-7-12(13,14)9-15/h3-6H,2,7-9H2,1H3. The Morgan fingerprint density at radius 1 is 1.31 bits per heavy atom. The van der Waals surface area contributed by atoms with Crippen LogP contribution in [-0.4, -0.2) is 25.6 Å². The van der Waals surface area contributed by atoms with Crippen LogP contribution in [0.15, 0.2) is 24.3 Å². The molecule has 0 radical (unpaired) electrons. The average Bonchev–Trinajstić information content (AvgIpc) is 2.61. The van der Waals surface area contributed by atoms with Crippen molar-refractivity contribution in [1.29, 1.82) is 0 Å². The van der Waals surface area contributed by atoms with Gasteiger partial charge in [-0.1, -0.05) is 0 Å². The highest BCUT2D eigenvalue weighted by atomic mass is 19.3. The second-order valence-electron chi connectivity index (χ2n) is 3.95. The second kappa shape index (κ2) is 4.28. The summed E-state index contributed by atoms with van der Waals surface area (Å²) < 4.78 is 31.3. The van der Waals surface area contributed by atoms with Crippen LogP contribution in [0.1, 0.15) is 13.3 Å². The number of nitrogens with zero attached hydrogens (tertiary/aromatic N) is 1. The Morgan fingerprint density at radius 3 is 2.50 bits per heavy atom. The quantitative estimate of drug-likeness (QED) is 0.787. The number of hydrogen-bond acceptors (Lipinski definition) is 2. The van der Waals surface area contributed by atoms with Gasteiger partial charge in [-0.25, -0.2) is 8.78 Å². The van der Waals surface area contributed by atoms with Gasteiger partial charge in [0.1, 0.15) is 5.75 Å². The van der Waals surface area contributed by atoms with Crippen molar-refractivity contribution in [3.8, 4) is 5.75 Å². The van der Waals surface area contributed by atoms with E-state index >= 15 is 0 Å². The molecule has 1 aromatic carbocycles. The van der Waals surface area contributed by atoms with Gasteiger partial charge in [-0.2, -0.15) is 0 Å². The summed E-state index contributed by atoms with van der Waals surface area (Å²) in [6.45, 7) is 2.76. The van der Waals surface area contributed by atoms with Gasteiger partial charge in [0.25, 0.3) is 5.92 Å². The van der Waals surface area contributed by atoms with Crippen LogP contribution in [0.3, 0.4) is 0 Å². The second-order valence-corrected chi connectivity index (χ2v) is 3.95. The molecule has 0 bridgehead atoms. The van der Waals surface area contributed by atoms with Crippen LogP contribution in [-0.2, 0) is 0 Å². The zero-order valence-electron chi connectivity index (χ0n) is 9.25. The lowest BCUT2D eigenvalue weighted by molar-refractivity contribution is 0.0257. The van der Waals surface area contributed by atoms with Crippen molar-refractivity contribution in [3.63, 3.8) is 0 Å². The molecule has 1 aromatic rings. The molecule has 2 rings (SSSR count). The van der Waals surface area contributed by atoms with E-state index < -0.39 is 5.92 Å². The van der Waals surface area contributed by atoms with Crippen LogP contribution in [0, 0.1) is 0 Å². The van der Waals surface area contributed by atoms with Gasteiger partial charge in [-0.05, 0) is 31.2 Å². The minimum atomic E-state index is -2.54. The van der Waals surface area contributed by atoms with Gasteiger partial charge < -0.3 is 9.64 Å². The van der Waals surface area contributed by atoms with Crippen molar-refractivity contribution in [2.45, 2.75) is 19.3 Å². The molecule has 1 fully saturated rings. The molecule has 0 amide bonds. The van der Waals surface area contributed by atoms with Crippen molar-refractivity contribution in [2.75, 3.05) is 24.6 Å². The number of ether oxygens (including phenoxy) is 1. The maximum atomic E-state index is 13.0. The molecule has 1 aliphatic rings. The zero-order valence-corrected chi connectivity index (χ0v) is 9.25. The van der Waals surface area contributed by atoms with E-state index in [2.05, 4.69) is 0 Å². The minimum absolute atomic E-state index is 0.0553. The number of halogens is 2. The molecule has 0 unspecified atom stereocenters. The fraction of sp³-hybridized carbons (Fsp3) is 0.500. The third-order valence-corrected chi connectivity index (χ3v) is 2.68. The van der Waals surface area contributed by atoms with Crippen molar-refractivity contribution in [1.82, 2.24) is 0 Å². The van der Waals surface area contributed by atoms with E-state index in [-0.39, 0.29) is 13.0 Å². The molecule has 4 heteroatoms. The van der Waals surface area contributed by atoms with Crippen molar-refractivity contribution in [2.24, 2.45) is 0 Å². The molecule has 0 spiro atoms. The average molecular weight is 227 g/mol. The Balaban J connectivity index is 2.05. The third-order valence-electron chi connectivity index (χ3n) is 2.68. The van der Waals surface area contributed by atoms with E-state index in [0.29, 0.717) is 13.2 Å². The summed E-state index contributed by atoms with van der Waals surface area (Å²) in [6.07, 6.45) is -0.0553. The summed E-state index contributed by atoms with van der Waals surface area (Å²) in [5.74, 6) is -1.77. The smallest absolute Gasteiger partial charge is 0.266 e. The first-order valence-electron chi connectivity index (χ1n) is 5.46. The molecule has 2 nitrogen and oxygen atoms in total. The number of alkyl halides is 2. The highest BCUT2D eigenvalue weighted by Crippen LogP contribution is 2.31. The Bertz CT molecular complexity index is 351. The third kappa shape index (κ3) is 2.43. The molecule has 1 heterocycles. The van der Waals surface area contributed by atoms with Crippen LogP contribution in [0.2, 0.25) is 0 Å². The maximum Gasteiger partial charge on any atom is 0.266 e. The summed E-state index contributed by atoms with van der Waals surface area (Å²) in [5.41, 5.74) is 0.834. The first kappa shape index (κ1) is 11.2. The molecule has 0 N–H and O–H groups in total. The van der Waals surface area contributed by atoms with Gasteiger partial charge >= 0.3 is 0 Å². The Labute approximate surface area is 93.8 Å². The van der Waals surface area contributed by atoms with Gasteiger partial charge in [0.15, 0.2) is 0 Å². The Kier molecular flexibility index (Phi) is 2.99. The summed E-state index contributed by atoms with van der Waals surface area (Å²) in [4.78, 5) is 1.70. The van der Waals surface area contributed by atoms with E-state index in [1.807, 2.05) is 31.2 Å². The van der Waals surface area contributed by atoms with Gasteiger partial charge in [0, 0.05) is 18.7 Å². The molecule has 0 saturated carbocycles. The van der Waals surface area contributed by atoms with Gasteiger partial charge in [0.05, 0.1) is 13.2 Å². The van der Waals surface area contributed by atoms with E-state index in [9.17, 15) is 8.78 Å². The molecule has 1 aliphatic heterocycles. The fourth-order valence-electron chi connectivity index (χ4n) is 1.88. The number of benzene rings is 1. The van der Waals surface area contributed by atoms with Crippen LogP contribution in [0.5, 0.6) is 5.75 Å². The van der Waals surface area contributed by atoms with E-state index in [0.717, 1.165) is 11.4 Å². The Hall–Kier alpha value is -1.32. The number of hydrogen-bond donors (Lipinski definition) is 0. The van der Waals surface area contributed by atoms with Crippen molar-refractivity contribution >= 4 is 5.69 Å². The SMILES string of the molecule is CCOc1ccc(N2CCC(F)(F)C2)cc1. The summed E-state index contributed by atoms with van der Waals surface area (Å²) in [7, 11) is 0.